The van der Waals surface area contributed by atoms with Crippen molar-refractivity contribution in [2.45, 2.75) is 42.2 Å². The second kappa shape index (κ2) is 6.95. The van der Waals surface area contributed by atoms with Crippen LogP contribution in [0, 0.1) is 5.92 Å². The zero-order valence-electron chi connectivity index (χ0n) is 13.6. The Balaban J connectivity index is 1.70. The lowest BCUT2D eigenvalue weighted by Gasteiger charge is -2.08. The van der Waals surface area contributed by atoms with E-state index < -0.39 is 15.8 Å². The van der Waals surface area contributed by atoms with Gasteiger partial charge in [0.2, 0.25) is 0 Å². The van der Waals surface area contributed by atoms with Crippen LogP contribution in [0.3, 0.4) is 0 Å². The van der Waals surface area contributed by atoms with Crippen LogP contribution < -0.4 is 0 Å². The van der Waals surface area contributed by atoms with E-state index in [9.17, 15) is 23.1 Å². The number of nitrogens with zero attached hydrogens (tertiary/aromatic N) is 1. The summed E-state index contributed by atoms with van der Waals surface area (Å²) >= 11 is 0. The van der Waals surface area contributed by atoms with E-state index in [1.54, 1.807) is 0 Å². The molecule has 134 valence electrons. The third-order valence-corrected chi connectivity index (χ3v) is 6.71. The average Bonchev–Trinajstić information content (AvgIpc) is 3.35. The van der Waals surface area contributed by atoms with Crippen LogP contribution in [-0.2, 0) is 24.3 Å². The van der Waals surface area contributed by atoms with Gasteiger partial charge in [-0.2, -0.15) is 0 Å². The Morgan fingerprint density at radius 3 is 2.40 bits per heavy atom. The van der Waals surface area contributed by atoms with E-state index in [0.717, 1.165) is 6.42 Å². The van der Waals surface area contributed by atoms with Crippen molar-refractivity contribution in [1.29, 1.82) is 0 Å². The molecule has 1 atom stereocenters. The lowest BCUT2D eigenvalue weighted by atomic mass is 10.1. The van der Waals surface area contributed by atoms with Gasteiger partial charge in [-0.25, -0.2) is 13.2 Å². The van der Waals surface area contributed by atoms with Crippen molar-refractivity contribution in [3.8, 4) is 0 Å². The first-order valence-corrected chi connectivity index (χ1v) is 9.72. The number of benzene rings is 1. The molecule has 2 saturated carbocycles. The molecular weight excluding hydrogens is 346 g/mol. The minimum atomic E-state index is -3.31. The van der Waals surface area contributed by atoms with E-state index in [1.165, 1.54) is 24.3 Å². The molecule has 1 aromatic carbocycles. The summed E-state index contributed by atoms with van der Waals surface area (Å²) < 4.78 is 24.3. The number of Topliss-reactive ketones (excluding diaryl/α,β-unsaturated/α-hetero) is 1. The molecule has 0 saturated heterocycles. The van der Waals surface area contributed by atoms with Crippen molar-refractivity contribution in [2.24, 2.45) is 11.1 Å². The highest BCUT2D eigenvalue weighted by atomic mass is 32.2. The maximum atomic E-state index is 12.2. The van der Waals surface area contributed by atoms with E-state index in [-0.39, 0.29) is 39.7 Å². The predicted octanol–water partition coefficient (Wildman–Crippen LogP) is 1.80. The Hall–Kier alpha value is -2.22. The van der Waals surface area contributed by atoms with Gasteiger partial charge in [-0.05, 0) is 31.4 Å². The van der Waals surface area contributed by atoms with Crippen LogP contribution in [0.2, 0.25) is 0 Å². The molecule has 0 bridgehead atoms. The third kappa shape index (κ3) is 4.07. The topological polar surface area (TPSA) is 110 Å². The third-order valence-electron chi connectivity index (χ3n) is 4.44. The van der Waals surface area contributed by atoms with E-state index in [0.29, 0.717) is 25.7 Å². The average molecular weight is 365 g/mol. The van der Waals surface area contributed by atoms with Crippen LogP contribution in [0.4, 0.5) is 0 Å². The Bertz CT molecular complexity index is 808. The van der Waals surface area contributed by atoms with Gasteiger partial charge in [0.1, 0.15) is 12.4 Å². The number of hydrogen-bond donors (Lipinski definition) is 1. The number of carboxylic acids is 1. The molecule has 1 N–H and O–H groups in total. The van der Waals surface area contributed by atoms with Crippen molar-refractivity contribution in [1.82, 2.24) is 0 Å². The zero-order valence-corrected chi connectivity index (χ0v) is 14.4. The second-order valence-corrected chi connectivity index (χ2v) is 8.69. The van der Waals surface area contributed by atoms with Gasteiger partial charge in [-0.15, -0.1) is 0 Å². The van der Waals surface area contributed by atoms with Gasteiger partial charge in [0.05, 0.1) is 10.1 Å². The predicted molar refractivity (Wildman–Crippen MR) is 89.1 cm³/mol. The maximum absolute atomic E-state index is 12.2. The van der Waals surface area contributed by atoms with Crippen LogP contribution in [0.1, 0.15) is 37.7 Å². The fraction of sp³-hybridized carbons (Fsp3) is 0.471. The summed E-state index contributed by atoms with van der Waals surface area (Å²) in [6, 6.07) is 5.64. The number of aliphatic carboxylic acids is 1. The van der Waals surface area contributed by atoms with Crippen LogP contribution in [-0.4, -0.2) is 42.8 Å². The van der Waals surface area contributed by atoms with E-state index in [4.69, 9.17) is 4.84 Å². The van der Waals surface area contributed by atoms with Gasteiger partial charge in [-0.1, -0.05) is 17.3 Å². The fourth-order valence-electron chi connectivity index (χ4n) is 2.83. The Labute approximate surface area is 145 Å². The van der Waals surface area contributed by atoms with Crippen molar-refractivity contribution in [3.05, 3.63) is 29.8 Å². The SMILES string of the molecule is O=C1CC[C@H](CO/N=C(/C(=O)O)c2ccc(S(=O)(=O)C3CC3)cc2)C1. The minimum Gasteiger partial charge on any atom is -0.476 e. The Kier molecular flexibility index (Phi) is 4.89. The number of sulfone groups is 1. The molecule has 2 aliphatic carbocycles. The first-order valence-electron chi connectivity index (χ1n) is 8.17. The molecule has 0 unspecified atom stereocenters. The summed E-state index contributed by atoms with van der Waals surface area (Å²) in [5.74, 6) is -1.01. The van der Waals surface area contributed by atoms with Crippen LogP contribution in [0.25, 0.3) is 0 Å². The highest BCUT2D eigenvalue weighted by Gasteiger charge is 2.36. The highest BCUT2D eigenvalue weighted by molar-refractivity contribution is 7.92. The number of hydrogen-bond acceptors (Lipinski definition) is 6. The molecule has 1 aromatic rings. The number of ketones is 1. The maximum Gasteiger partial charge on any atom is 0.358 e. The van der Waals surface area contributed by atoms with Gasteiger partial charge >= 0.3 is 5.97 Å². The van der Waals surface area contributed by atoms with Crippen molar-refractivity contribution < 1.29 is 28.0 Å². The minimum absolute atomic E-state index is 0.0670. The van der Waals surface area contributed by atoms with E-state index >= 15 is 0 Å². The second-order valence-electron chi connectivity index (χ2n) is 6.46. The molecule has 7 nitrogen and oxygen atoms in total. The van der Waals surface area contributed by atoms with Crippen molar-refractivity contribution in [2.75, 3.05) is 6.61 Å². The van der Waals surface area contributed by atoms with Crippen molar-refractivity contribution in [3.63, 3.8) is 0 Å². The van der Waals surface area contributed by atoms with Crippen LogP contribution in [0.5, 0.6) is 0 Å². The highest BCUT2D eigenvalue weighted by Crippen LogP contribution is 2.33. The van der Waals surface area contributed by atoms with Crippen LogP contribution >= 0.6 is 0 Å². The Morgan fingerprint density at radius 1 is 1.20 bits per heavy atom. The fourth-order valence-corrected chi connectivity index (χ4v) is 4.49. The summed E-state index contributed by atoms with van der Waals surface area (Å²) in [6.07, 6.45) is 3.03. The lowest BCUT2D eigenvalue weighted by Crippen LogP contribution is -2.16. The van der Waals surface area contributed by atoms with Gasteiger partial charge in [0.15, 0.2) is 15.5 Å². The van der Waals surface area contributed by atoms with Crippen molar-refractivity contribution >= 4 is 27.3 Å². The number of oxime groups is 1. The molecule has 0 heterocycles. The summed E-state index contributed by atoms with van der Waals surface area (Å²) in [4.78, 5) is 27.9. The smallest absolute Gasteiger partial charge is 0.358 e. The quantitative estimate of drug-likeness (QED) is 0.583. The summed E-state index contributed by atoms with van der Waals surface area (Å²) in [5.41, 5.74) is -0.0237. The van der Waals surface area contributed by atoms with E-state index in [2.05, 4.69) is 5.16 Å². The molecule has 2 aliphatic rings. The first kappa shape index (κ1) is 17.6. The van der Waals surface area contributed by atoms with Gasteiger partial charge in [0.25, 0.3) is 0 Å². The molecule has 0 spiro atoms. The molecule has 0 amide bonds. The number of carbonyl (C=O) groups excluding carboxylic acids is 1. The lowest BCUT2D eigenvalue weighted by molar-refractivity contribution is -0.129. The molecular formula is C17H19NO6S. The molecule has 0 radical (unpaired) electrons. The summed E-state index contributed by atoms with van der Waals surface area (Å²) in [7, 11) is -3.31. The molecule has 0 aromatic heterocycles. The Morgan fingerprint density at radius 2 is 1.88 bits per heavy atom. The molecule has 8 heteroatoms. The first-order chi connectivity index (χ1) is 11.9. The number of carboxylic acid groups (broad SMARTS) is 1. The number of rotatable bonds is 7. The standard InChI is InChI=1S/C17H19NO6S/c19-13-4-1-11(9-13)10-24-18-16(17(20)21)12-2-5-14(6-3-12)25(22,23)15-7-8-15/h2-3,5-6,11,15H,1,4,7-10H2,(H,20,21)/b18-16+/t11-/m0/s1. The van der Waals surface area contributed by atoms with Gasteiger partial charge < -0.3 is 9.94 Å². The summed E-state index contributed by atoms with van der Waals surface area (Å²) in [5, 5.41) is 12.7. The normalized spacial score (nSPS) is 21.4. The van der Waals surface area contributed by atoms with Gasteiger partial charge in [0, 0.05) is 24.3 Å². The zero-order chi connectivity index (χ0) is 18.0. The van der Waals surface area contributed by atoms with Gasteiger partial charge in [-0.3, -0.25) is 4.79 Å². The monoisotopic (exact) mass is 365 g/mol. The molecule has 2 fully saturated rings. The molecule has 25 heavy (non-hydrogen) atoms. The molecule has 3 rings (SSSR count). The largest absolute Gasteiger partial charge is 0.476 e. The van der Waals surface area contributed by atoms with Crippen LogP contribution in [0.15, 0.2) is 34.3 Å². The van der Waals surface area contributed by atoms with E-state index in [1.807, 2.05) is 0 Å². The molecule has 0 aliphatic heterocycles. The summed E-state index contributed by atoms with van der Waals surface area (Å²) in [6.45, 7) is 0.191. The number of carbonyl (C=O) groups is 2.